The zero-order valence-electron chi connectivity index (χ0n) is 19.3. The molecule has 0 aliphatic carbocycles. The van der Waals surface area contributed by atoms with E-state index in [1.165, 1.54) is 0 Å². The van der Waals surface area contributed by atoms with Gasteiger partial charge in [-0.15, -0.1) is 0 Å². The van der Waals surface area contributed by atoms with Crippen molar-refractivity contribution in [2.45, 2.75) is 79.9 Å². The molecule has 0 aromatic carbocycles. The number of aliphatic hydroxyl groups excluding tert-OH is 1. The van der Waals surface area contributed by atoms with Gasteiger partial charge in [0.15, 0.2) is 5.96 Å². The van der Waals surface area contributed by atoms with Gasteiger partial charge in [0.25, 0.3) is 0 Å². The molecule has 0 fully saturated rings. The van der Waals surface area contributed by atoms with Gasteiger partial charge in [-0.1, -0.05) is 27.7 Å². The first-order chi connectivity index (χ1) is 13.0. The molecule has 0 aromatic heterocycles. The molecule has 4 N–H and O–H groups in total. The van der Waals surface area contributed by atoms with Crippen molar-refractivity contribution in [3.8, 4) is 0 Å². The smallest absolute Gasteiger partial charge is 0.407 e. The quantitative estimate of drug-likeness (QED) is 0.316. The van der Waals surface area contributed by atoms with Crippen LogP contribution in [-0.2, 0) is 4.74 Å². The van der Waals surface area contributed by atoms with E-state index in [1.54, 1.807) is 0 Å². The van der Waals surface area contributed by atoms with E-state index in [4.69, 9.17) is 9.73 Å². The Morgan fingerprint density at radius 3 is 2.25 bits per heavy atom. The minimum absolute atomic E-state index is 0.0809. The summed E-state index contributed by atoms with van der Waals surface area (Å²) in [4.78, 5) is 16.8. The average molecular weight is 401 g/mol. The number of nitrogens with zero attached hydrogens (tertiary/aromatic N) is 1. The molecule has 0 rings (SSSR count). The summed E-state index contributed by atoms with van der Waals surface area (Å²) in [7, 11) is 0. The van der Waals surface area contributed by atoms with Gasteiger partial charge in [-0.25, -0.2) is 4.79 Å². The third kappa shape index (κ3) is 13.6. The predicted octanol–water partition coefficient (Wildman–Crippen LogP) is 3.14. The number of carbonyl (C=O) groups excluding carboxylic acids is 1. The number of guanidine groups is 1. The molecular weight excluding hydrogens is 356 g/mol. The van der Waals surface area contributed by atoms with Crippen molar-refractivity contribution in [3.63, 3.8) is 0 Å². The minimum Gasteiger partial charge on any atom is -0.444 e. The number of aliphatic imine (C=N–C) groups is 1. The molecule has 0 saturated carbocycles. The fourth-order valence-corrected chi connectivity index (χ4v) is 2.81. The summed E-state index contributed by atoms with van der Waals surface area (Å²) in [5, 5.41) is 18.8. The molecule has 0 heterocycles. The van der Waals surface area contributed by atoms with E-state index in [1.807, 2.05) is 27.7 Å². The number of amides is 1. The number of ether oxygens (including phenoxy) is 1. The van der Waals surface area contributed by atoms with Gasteiger partial charge in [-0.05, 0) is 58.3 Å². The molecule has 0 aliphatic rings. The SMILES string of the molecule is CCNC(=NCC(CCO)CC(C)C)NCC(NC(=O)OC(C)(C)C)C(C)C. The second-order valence-electron chi connectivity index (χ2n) is 9.11. The van der Waals surface area contributed by atoms with Gasteiger partial charge in [0.05, 0.1) is 6.04 Å². The number of alkyl carbamates (subject to hydrolysis) is 1. The van der Waals surface area contributed by atoms with Crippen molar-refractivity contribution in [1.82, 2.24) is 16.0 Å². The van der Waals surface area contributed by atoms with Crippen LogP contribution in [0.1, 0.15) is 68.2 Å². The number of nitrogens with one attached hydrogen (secondary N) is 3. The van der Waals surface area contributed by atoms with Crippen LogP contribution in [0.25, 0.3) is 0 Å². The van der Waals surface area contributed by atoms with Crippen molar-refractivity contribution in [1.29, 1.82) is 0 Å². The van der Waals surface area contributed by atoms with E-state index >= 15 is 0 Å². The van der Waals surface area contributed by atoms with Crippen LogP contribution in [0.5, 0.6) is 0 Å². The summed E-state index contributed by atoms with van der Waals surface area (Å²) in [5.74, 6) is 1.91. The van der Waals surface area contributed by atoms with Crippen molar-refractivity contribution < 1.29 is 14.6 Å². The Balaban J connectivity index is 4.87. The lowest BCUT2D eigenvalue weighted by Gasteiger charge is -2.26. The minimum atomic E-state index is -0.520. The normalized spacial score (nSPS) is 14.8. The molecule has 0 aliphatic heterocycles. The number of rotatable bonds is 11. The van der Waals surface area contributed by atoms with Crippen molar-refractivity contribution in [2.75, 3.05) is 26.2 Å². The molecule has 166 valence electrons. The maximum Gasteiger partial charge on any atom is 0.407 e. The number of hydrogen-bond acceptors (Lipinski definition) is 4. The largest absolute Gasteiger partial charge is 0.444 e. The Labute approximate surface area is 172 Å². The highest BCUT2D eigenvalue weighted by atomic mass is 16.6. The highest BCUT2D eigenvalue weighted by Gasteiger charge is 2.21. The molecule has 0 aromatic rings. The van der Waals surface area contributed by atoms with Crippen LogP contribution in [0.4, 0.5) is 4.79 Å². The zero-order valence-corrected chi connectivity index (χ0v) is 19.3. The van der Waals surface area contributed by atoms with E-state index in [-0.39, 0.29) is 18.6 Å². The highest BCUT2D eigenvalue weighted by molar-refractivity contribution is 5.79. The first-order valence-corrected chi connectivity index (χ1v) is 10.6. The average Bonchev–Trinajstić information content (AvgIpc) is 2.53. The van der Waals surface area contributed by atoms with E-state index < -0.39 is 11.7 Å². The number of hydrogen-bond donors (Lipinski definition) is 4. The molecule has 0 saturated heterocycles. The fraction of sp³-hybridized carbons (Fsp3) is 0.905. The van der Waals surface area contributed by atoms with E-state index in [0.717, 1.165) is 25.3 Å². The van der Waals surface area contributed by atoms with Crippen LogP contribution >= 0.6 is 0 Å². The Bertz CT molecular complexity index is 459. The van der Waals surface area contributed by atoms with Gasteiger partial charge in [0.1, 0.15) is 5.60 Å². The molecule has 7 heteroatoms. The van der Waals surface area contributed by atoms with Crippen molar-refractivity contribution in [2.24, 2.45) is 22.7 Å². The third-order valence-electron chi connectivity index (χ3n) is 4.19. The Kier molecular flexibility index (Phi) is 12.9. The molecule has 0 radical (unpaired) electrons. The maximum atomic E-state index is 12.1. The maximum absolute atomic E-state index is 12.1. The second kappa shape index (κ2) is 13.6. The standard InChI is InChI=1S/C21H44N4O3/c1-9-22-19(23-13-17(10-11-26)12-15(2)3)24-14-18(16(4)5)25-20(27)28-21(6,7)8/h15-18,26H,9-14H2,1-8H3,(H,25,27)(H2,22,23,24). The topological polar surface area (TPSA) is 95.0 Å². The van der Waals surface area contributed by atoms with Crippen LogP contribution in [0, 0.1) is 17.8 Å². The van der Waals surface area contributed by atoms with Crippen LogP contribution in [0.2, 0.25) is 0 Å². The van der Waals surface area contributed by atoms with Gasteiger partial charge < -0.3 is 25.8 Å². The van der Waals surface area contributed by atoms with Gasteiger partial charge in [-0.2, -0.15) is 0 Å². The van der Waals surface area contributed by atoms with Crippen molar-refractivity contribution in [3.05, 3.63) is 0 Å². The van der Waals surface area contributed by atoms with Gasteiger partial charge >= 0.3 is 6.09 Å². The predicted molar refractivity (Wildman–Crippen MR) is 117 cm³/mol. The van der Waals surface area contributed by atoms with Crippen LogP contribution in [0.3, 0.4) is 0 Å². The van der Waals surface area contributed by atoms with E-state index in [2.05, 4.69) is 43.6 Å². The lowest BCUT2D eigenvalue weighted by Crippen LogP contribution is -2.50. The molecule has 2 atom stereocenters. The molecule has 0 bridgehead atoms. The molecular formula is C21H44N4O3. The summed E-state index contributed by atoms with van der Waals surface area (Å²) in [6, 6.07) is -0.0809. The summed E-state index contributed by atoms with van der Waals surface area (Å²) < 4.78 is 5.37. The molecule has 28 heavy (non-hydrogen) atoms. The summed E-state index contributed by atoms with van der Waals surface area (Å²) in [6.07, 6.45) is 1.39. The van der Waals surface area contributed by atoms with Crippen LogP contribution in [-0.4, -0.2) is 55.0 Å². The fourth-order valence-electron chi connectivity index (χ4n) is 2.81. The highest BCUT2D eigenvalue weighted by Crippen LogP contribution is 2.15. The first kappa shape index (κ1) is 26.5. The third-order valence-corrected chi connectivity index (χ3v) is 4.19. The Hall–Kier alpha value is -1.50. The Morgan fingerprint density at radius 1 is 1.14 bits per heavy atom. The lowest BCUT2D eigenvalue weighted by atomic mass is 9.94. The number of aliphatic hydroxyl groups is 1. The Morgan fingerprint density at radius 2 is 1.79 bits per heavy atom. The monoisotopic (exact) mass is 400 g/mol. The van der Waals surface area contributed by atoms with Crippen LogP contribution in [0.15, 0.2) is 4.99 Å². The number of carbonyl (C=O) groups is 1. The molecule has 7 nitrogen and oxygen atoms in total. The summed E-state index contributed by atoms with van der Waals surface area (Å²) >= 11 is 0. The lowest BCUT2D eigenvalue weighted by molar-refractivity contribution is 0.0491. The zero-order chi connectivity index (χ0) is 21.7. The van der Waals surface area contributed by atoms with E-state index in [0.29, 0.717) is 24.9 Å². The van der Waals surface area contributed by atoms with Crippen molar-refractivity contribution >= 4 is 12.1 Å². The molecule has 2 unspecified atom stereocenters. The molecule has 1 amide bonds. The second-order valence-corrected chi connectivity index (χ2v) is 9.11. The van der Waals surface area contributed by atoms with Gasteiger partial charge in [0.2, 0.25) is 0 Å². The molecule has 0 spiro atoms. The van der Waals surface area contributed by atoms with Gasteiger partial charge in [0, 0.05) is 26.2 Å². The van der Waals surface area contributed by atoms with E-state index in [9.17, 15) is 9.90 Å². The first-order valence-electron chi connectivity index (χ1n) is 10.6. The summed E-state index contributed by atoms with van der Waals surface area (Å²) in [6.45, 7) is 18.2. The van der Waals surface area contributed by atoms with Gasteiger partial charge in [-0.3, -0.25) is 4.99 Å². The van der Waals surface area contributed by atoms with Crippen LogP contribution < -0.4 is 16.0 Å². The summed E-state index contributed by atoms with van der Waals surface area (Å²) in [5.41, 5.74) is -0.520.